The Kier molecular flexibility index (Phi) is 7.22. The van der Waals surface area contributed by atoms with Gasteiger partial charge >= 0.3 is 0 Å². The van der Waals surface area contributed by atoms with E-state index in [2.05, 4.69) is 130 Å². The maximum Gasteiger partial charge on any atom is 0.154 e. The molecule has 0 atom stereocenters. The van der Waals surface area contributed by atoms with Crippen LogP contribution in [-0.2, 0) is 0 Å². The fraction of sp³-hybridized carbons (Fsp3) is 0. The maximum atomic E-state index is 9.02. The summed E-state index contributed by atoms with van der Waals surface area (Å²) in [6.45, 7) is 0. The van der Waals surface area contributed by atoms with Crippen molar-refractivity contribution in [3.05, 3.63) is 199 Å². The molecule has 11 rings (SSSR count). The number of aromatic nitrogens is 2. The van der Waals surface area contributed by atoms with E-state index in [-0.39, 0.29) is 5.84 Å². The molecule has 0 aliphatic heterocycles. The van der Waals surface area contributed by atoms with Gasteiger partial charge in [-0.05, 0) is 71.1 Å². The van der Waals surface area contributed by atoms with Crippen LogP contribution in [0.3, 0.4) is 0 Å². The third-order valence-corrected chi connectivity index (χ3v) is 10.8. The molecule has 0 saturated carbocycles. The summed E-state index contributed by atoms with van der Waals surface area (Å²) in [6.07, 6.45) is 0. The van der Waals surface area contributed by atoms with E-state index in [9.17, 15) is 0 Å². The number of amidine groups is 2. The number of rotatable bonds is 5. The van der Waals surface area contributed by atoms with Crippen LogP contribution >= 0.6 is 0 Å². The van der Waals surface area contributed by atoms with Crippen molar-refractivity contribution in [2.24, 2.45) is 4.99 Å². The Labute approximate surface area is 321 Å². The summed E-state index contributed by atoms with van der Waals surface area (Å²) in [5.74, 6) is 0.727. The van der Waals surface area contributed by atoms with Crippen molar-refractivity contribution in [1.29, 1.82) is 5.41 Å². The van der Waals surface area contributed by atoms with Gasteiger partial charge in [0.15, 0.2) is 11.7 Å². The maximum absolute atomic E-state index is 9.02. The van der Waals surface area contributed by atoms with Gasteiger partial charge in [0, 0.05) is 38.4 Å². The molecule has 0 radical (unpaired) electrons. The lowest BCUT2D eigenvalue weighted by atomic mass is 10.00. The highest BCUT2D eigenvalue weighted by molar-refractivity contribution is 6.27. The molecule has 0 saturated heterocycles. The van der Waals surface area contributed by atoms with Crippen LogP contribution in [0.25, 0.3) is 82.4 Å². The van der Waals surface area contributed by atoms with Gasteiger partial charge in [-0.1, -0.05) is 133 Å². The van der Waals surface area contributed by atoms with Crippen LogP contribution in [0, 0.1) is 5.41 Å². The summed E-state index contributed by atoms with van der Waals surface area (Å²) in [4.78, 5) is 4.93. The minimum absolute atomic E-state index is 0.168. The smallest absolute Gasteiger partial charge is 0.154 e. The highest BCUT2D eigenvalue weighted by Gasteiger charge is 2.22. The lowest BCUT2D eigenvalue weighted by Gasteiger charge is -2.15. The molecule has 0 amide bonds. The van der Waals surface area contributed by atoms with Crippen molar-refractivity contribution in [3.63, 3.8) is 0 Å². The predicted molar refractivity (Wildman–Crippen MR) is 232 cm³/mol. The first kappa shape index (κ1) is 31.8. The molecule has 0 fully saturated rings. The number of hydrogen-bond acceptors (Lipinski definition) is 2. The molecule has 2 N–H and O–H groups in total. The SMILES string of the molecule is N=C(N=C(Nn1c2cc(-c3ccc4c(c3)c3ccccc3n4-c3ccccc3)cc3oc4ccccc4c4cccc1c4c32)c1ccccc1)c1ccccc1. The van der Waals surface area contributed by atoms with Crippen molar-refractivity contribution >= 4 is 77.2 Å². The molecule has 0 bridgehead atoms. The van der Waals surface area contributed by atoms with E-state index >= 15 is 0 Å². The van der Waals surface area contributed by atoms with E-state index in [0.29, 0.717) is 5.84 Å². The van der Waals surface area contributed by atoms with Crippen LogP contribution in [0.2, 0.25) is 0 Å². The van der Waals surface area contributed by atoms with Crippen molar-refractivity contribution in [2.75, 3.05) is 5.43 Å². The number of nitrogens with one attached hydrogen (secondary N) is 2. The second kappa shape index (κ2) is 12.7. The number of para-hydroxylation sites is 3. The summed E-state index contributed by atoms with van der Waals surface area (Å²) in [7, 11) is 0. The van der Waals surface area contributed by atoms with E-state index in [0.717, 1.165) is 77.2 Å². The van der Waals surface area contributed by atoms with Crippen molar-refractivity contribution in [1.82, 2.24) is 9.24 Å². The molecule has 0 spiro atoms. The Balaban J connectivity index is 1.18. The van der Waals surface area contributed by atoms with Gasteiger partial charge in [-0.2, -0.15) is 0 Å². The molecule has 0 aliphatic carbocycles. The van der Waals surface area contributed by atoms with Gasteiger partial charge < -0.3 is 8.98 Å². The van der Waals surface area contributed by atoms with Crippen molar-refractivity contribution in [2.45, 2.75) is 0 Å². The molecule has 3 heterocycles. The van der Waals surface area contributed by atoms with E-state index in [1.807, 2.05) is 72.8 Å². The first-order valence-corrected chi connectivity index (χ1v) is 18.7. The fourth-order valence-corrected chi connectivity index (χ4v) is 8.27. The van der Waals surface area contributed by atoms with Gasteiger partial charge in [0.2, 0.25) is 0 Å². The van der Waals surface area contributed by atoms with Gasteiger partial charge in [-0.3, -0.25) is 15.5 Å². The fourth-order valence-electron chi connectivity index (χ4n) is 8.27. The molecule has 6 nitrogen and oxygen atoms in total. The molecule has 11 aromatic rings. The first-order chi connectivity index (χ1) is 27.7. The standard InChI is InChI=1S/C50H33N5O/c51-49(32-15-4-1-5-16-32)52-50(33-17-6-2-7-18-33)53-55-43-25-14-23-39-38-22-11-13-26-45(38)56-46-31-35(30-44(55)48(46)47(39)43)34-27-28-42-40(29-34)37-21-10-12-24-41(37)54(42)36-19-8-3-9-20-36/h1-31H,(H2,51,52,53). The summed E-state index contributed by atoms with van der Waals surface area (Å²) in [5.41, 5.74) is 14.4. The molecule has 3 aromatic heterocycles. The lowest BCUT2D eigenvalue weighted by molar-refractivity contribution is 0.664. The molecule has 0 unspecified atom stereocenters. The van der Waals surface area contributed by atoms with Crippen LogP contribution in [0.1, 0.15) is 11.1 Å². The first-order valence-electron chi connectivity index (χ1n) is 18.7. The third kappa shape index (κ3) is 5.04. The quantitative estimate of drug-likeness (QED) is 0.137. The van der Waals surface area contributed by atoms with Gasteiger partial charge in [-0.25, -0.2) is 4.99 Å². The van der Waals surface area contributed by atoms with E-state index < -0.39 is 0 Å². The second-order valence-electron chi connectivity index (χ2n) is 14.1. The zero-order valence-electron chi connectivity index (χ0n) is 30.1. The Hall–Kier alpha value is -7.70. The Morgan fingerprint density at radius 3 is 1.91 bits per heavy atom. The van der Waals surface area contributed by atoms with Crippen LogP contribution in [0.15, 0.2) is 197 Å². The largest absolute Gasteiger partial charge is 0.456 e. The molecular formula is C50H33N5O. The zero-order valence-corrected chi connectivity index (χ0v) is 30.1. The topological polar surface area (TPSA) is 71.2 Å². The highest BCUT2D eigenvalue weighted by Crippen LogP contribution is 2.42. The van der Waals surface area contributed by atoms with Gasteiger partial charge in [0.25, 0.3) is 0 Å². The predicted octanol–water partition coefficient (Wildman–Crippen LogP) is 12.5. The van der Waals surface area contributed by atoms with E-state index in [4.69, 9.17) is 14.8 Å². The number of aliphatic imine (C=N–C) groups is 1. The molecule has 56 heavy (non-hydrogen) atoms. The zero-order chi connectivity index (χ0) is 37.2. The summed E-state index contributed by atoms with van der Waals surface area (Å²) < 4.78 is 11.4. The summed E-state index contributed by atoms with van der Waals surface area (Å²) >= 11 is 0. The van der Waals surface area contributed by atoms with E-state index in [1.165, 1.54) is 16.3 Å². The molecule has 8 aromatic carbocycles. The minimum atomic E-state index is 0.168. The van der Waals surface area contributed by atoms with Gasteiger partial charge in [0.05, 0.1) is 27.5 Å². The lowest BCUT2D eigenvalue weighted by Crippen LogP contribution is -2.25. The average Bonchev–Trinajstić information content (AvgIpc) is 3.71. The van der Waals surface area contributed by atoms with Crippen LogP contribution in [0.5, 0.6) is 0 Å². The van der Waals surface area contributed by atoms with Gasteiger partial charge in [0.1, 0.15) is 11.2 Å². The van der Waals surface area contributed by atoms with Gasteiger partial charge in [-0.15, -0.1) is 0 Å². The summed E-state index contributed by atoms with van der Waals surface area (Å²) in [5, 5.41) is 15.6. The Morgan fingerprint density at radius 1 is 0.464 bits per heavy atom. The number of nitrogens with zero attached hydrogens (tertiary/aromatic N) is 3. The van der Waals surface area contributed by atoms with Crippen LogP contribution in [-0.4, -0.2) is 20.9 Å². The molecule has 6 heteroatoms. The summed E-state index contributed by atoms with van der Waals surface area (Å²) in [6, 6.07) is 64.6. The van der Waals surface area contributed by atoms with Crippen molar-refractivity contribution < 1.29 is 4.42 Å². The average molecular weight is 720 g/mol. The van der Waals surface area contributed by atoms with Crippen molar-refractivity contribution in [3.8, 4) is 16.8 Å². The normalized spacial score (nSPS) is 12.1. The van der Waals surface area contributed by atoms with Crippen LogP contribution in [0.4, 0.5) is 0 Å². The monoisotopic (exact) mass is 719 g/mol. The highest BCUT2D eigenvalue weighted by atomic mass is 16.3. The number of hydrogen-bond donors (Lipinski definition) is 2. The molecular weight excluding hydrogens is 687 g/mol. The van der Waals surface area contributed by atoms with E-state index in [1.54, 1.807) is 0 Å². The third-order valence-electron chi connectivity index (χ3n) is 10.8. The minimum Gasteiger partial charge on any atom is -0.456 e. The Bertz CT molecular complexity index is 3340. The second-order valence-corrected chi connectivity index (χ2v) is 14.1. The van der Waals surface area contributed by atoms with Crippen LogP contribution < -0.4 is 5.43 Å². The number of fused-ring (bicyclic) bond motifs is 5. The molecule has 0 aliphatic rings. The molecule has 264 valence electrons. The number of benzene rings is 8. The Morgan fingerprint density at radius 2 is 1.11 bits per heavy atom.